The molecule has 2 aromatic carbocycles. The van der Waals surface area contributed by atoms with Gasteiger partial charge in [0.05, 0.1) is 6.20 Å². The zero-order chi connectivity index (χ0) is 24.3. The van der Waals surface area contributed by atoms with Crippen LogP contribution in [0.25, 0.3) is 0 Å². The molecule has 35 heavy (non-hydrogen) atoms. The van der Waals surface area contributed by atoms with E-state index in [2.05, 4.69) is 10.00 Å². The summed E-state index contributed by atoms with van der Waals surface area (Å²) >= 11 is 0. The summed E-state index contributed by atoms with van der Waals surface area (Å²) in [6, 6.07) is 10.6. The molecule has 1 aromatic heterocycles. The maximum atomic E-state index is 15.3. The standard InChI is InChI=1S/C26H28F2N4O2S/c1-30-16-21(13-29-30)35(33,34)32-14-19(15-32)23-12-22-18(10-25(23)28)11-26(31-6-3-7-31)24(22)9-17-4-2-5-20(27)8-17/h2,4-5,8,10,12-13,16,19,24,26H,3,6-7,9,11,14-15H2,1H3. The third-order valence-corrected chi connectivity index (χ3v) is 9.65. The maximum absolute atomic E-state index is 15.3. The van der Waals surface area contributed by atoms with Gasteiger partial charge in [0.15, 0.2) is 0 Å². The second kappa shape index (κ2) is 8.50. The molecule has 0 spiro atoms. The summed E-state index contributed by atoms with van der Waals surface area (Å²) in [4.78, 5) is 2.60. The first-order valence-electron chi connectivity index (χ1n) is 12.1. The highest BCUT2D eigenvalue weighted by Gasteiger charge is 2.42. The van der Waals surface area contributed by atoms with Crippen LogP contribution in [0.2, 0.25) is 0 Å². The summed E-state index contributed by atoms with van der Waals surface area (Å²) in [5, 5.41) is 3.96. The van der Waals surface area contributed by atoms with Crippen molar-refractivity contribution in [2.45, 2.75) is 42.0 Å². The van der Waals surface area contributed by atoms with Crippen LogP contribution in [0.3, 0.4) is 0 Å². The molecule has 0 radical (unpaired) electrons. The number of nitrogens with zero attached hydrogens (tertiary/aromatic N) is 4. The molecule has 2 aliphatic heterocycles. The van der Waals surface area contributed by atoms with Crippen molar-refractivity contribution in [3.63, 3.8) is 0 Å². The fourth-order valence-electron chi connectivity index (χ4n) is 5.79. The fourth-order valence-corrected chi connectivity index (χ4v) is 7.31. The molecule has 184 valence electrons. The van der Waals surface area contributed by atoms with Gasteiger partial charge in [-0.25, -0.2) is 17.2 Å². The summed E-state index contributed by atoms with van der Waals surface area (Å²) in [6.07, 6.45) is 5.47. The monoisotopic (exact) mass is 498 g/mol. The Labute approximate surface area is 204 Å². The van der Waals surface area contributed by atoms with Gasteiger partial charge in [-0.1, -0.05) is 18.2 Å². The van der Waals surface area contributed by atoms with Gasteiger partial charge in [-0.3, -0.25) is 9.58 Å². The Morgan fingerprint density at radius 3 is 2.54 bits per heavy atom. The quantitative estimate of drug-likeness (QED) is 0.523. The van der Waals surface area contributed by atoms with Crippen molar-refractivity contribution < 1.29 is 17.2 Å². The molecule has 3 heterocycles. The molecular formula is C26H28F2N4O2S. The minimum atomic E-state index is -3.63. The Balaban J connectivity index is 1.27. The van der Waals surface area contributed by atoms with Gasteiger partial charge in [0, 0.05) is 44.2 Å². The van der Waals surface area contributed by atoms with E-state index in [1.54, 1.807) is 25.2 Å². The molecule has 6 rings (SSSR count). The first-order valence-corrected chi connectivity index (χ1v) is 13.5. The van der Waals surface area contributed by atoms with E-state index in [9.17, 15) is 12.8 Å². The molecular weight excluding hydrogens is 470 g/mol. The molecule has 6 nitrogen and oxygen atoms in total. The summed E-state index contributed by atoms with van der Waals surface area (Å²) in [7, 11) is -1.96. The topological polar surface area (TPSA) is 58.4 Å². The largest absolute Gasteiger partial charge is 0.299 e. The van der Waals surface area contributed by atoms with E-state index in [0.717, 1.165) is 36.2 Å². The number of aromatic nitrogens is 2. The van der Waals surface area contributed by atoms with E-state index in [4.69, 9.17) is 0 Å². The van der Waals surface area contributed by atoms with E-state index >= 15 is 4.39 Å². The van der Waals surface area contributed by atoms with Crippen molar-refractivity contribution in [3.05, 3.63) is 82.7 Å². The first kappa shape index (κ1) is 22.8. The lowest BCUT2D eigenvalue weighted by atomic mass is 9.85. The highest BCUT2D eigenvalue weighted by molar-refractivity contribution is 7.89. The number of halogens is 2. The lowest BCUT2D eigenvalue weighted by molar-refractivity contribution is 0.106. The van der Waals surface area contributed by atoms with Gasteiger partial charge in [0.1, 0.15) is 16.5 Å². The van der Waals surface area contributed by atoms with Crippen LogP contribution in [-0.2, 0) is 29.9 Å². The molecule has 0 bridgehead atoms. The average Bonchev–Trinajstić information content (AvgIpc) is 3.31. The third-order valence-electron chi connectivity index (χ3n) is 7.86. The van der Waals surface area contributed by atoms with Gasteiger partial charge < -0.3 is 0 Å². The molecule has 9 heteroatoms. The Morgan fingerprint density at radius 1 is 1.09 bits per heavy atom. The zero-order valence-corrected chi connectivity index (χ0v) is 20.4. The minimum absolute atomic E-state index is 0.153. The Kier molecular flexibility index (Phi) is 5.54. The fraction of sp³-hybridized carbons (Fsp3) is 0.423. The van der Waals surface area contributed by atoms with Crippen LogP contribution in [0.1, 0.15) is 40.5 Å². The molecule has 0 amide bonds. The Morgan fingerprint density at radius 2 is 1.89 bits per heavy atom. The van der Waals surface area contributed by atoms with Crippen molar-refractivity contribution in [2.75, 3.05) is 26.2 Å². The number of sulfonamides is 1. The van der Waals surface area contributed by atoms with Gasteiger partial charge in [-0.2, -0.15) is 9.40 Å². The van der Waals surface area contributed by atoms with Crippen LogP contribution in [0.15, 0.2) is 53.7 Å². The number of rotatable bonds is 6. The van der Waals surface area contributed by atoms with Crippen molar-refractivity contribution in [3.8, 4) is 0 Å². The molecule has 0 N–H and O–H groups in total. The number of benzene rings is 2. The molecule has 3 aromatic rings. The van der Waals surface area contributed by atoms with Gasteiger partial charge in [-0.15, -0.1) is 0 Å². The van der Waals surface area contributed by atoms with Crippen molar-refractivity contribution in [1.82, 2.24) is 19.0 Å². The van der Waals surface area contributed by atoms with E-state index < -0.39 is 10.0 Å². The maximum Gasteiger partial charge on any atom is 0.246 e. The van der Waals surface area contributed by atoms with E-state index in [-0.39, 0.29) is 47.5 Å². The molecule has 2 unspecified atom stereocenters. The zero-order valence-electron chi connectivity index (χ0n) is 19.6. The molecule has 2 fully saturated rings. The van der Waals surface area contributed by atoms with Crippen LogP contribution < -0.4 is 0 Å². The van der Waals surface area contributed by atoms with Crippen molar-refractivity contribution >= 4 is 10.0 Å². The summed E-state index contributed by atoms with van der Waals surface area (Å²) < 4.78 is 57.7. The first-order chi connectivity index (χ1) is 16.8. The van der Waals surface area contributed by atoms with Crippen molar-refractivity contribution in [1.29, 1.82) is 0 Å². The highest BCUT2D eigenvalue weighted by Crippen LogP contribution is 2.43. The smallest absolute Gasteiger partial charge is 0.246 e. The van der Waals surface area contributed by atoms with Crippen LogP contribution in [0.4, 0.5) is 8.78 Å². The molecule has 2 saturated heterocycles. The summed E-state index contributed by atoms with van der Waals surface area (Å²) in [5.74, 6) is -0.544. The third kappa shape index (κ3) is 3.99. The van der Waals surface area contributed by atoms with Crippen LogP contribution in [-0.4, -0.2) is 59.6 Å². The number of aryl methyl sites for hydroxylation is 1. The minimum Gasteiger partial charge on any atom is -0.299 e. The second-order valence-electron chi connectivity index (χ2n) is 10.0. The van der Waals surface area contributed by atoms with E-state index in [0.29, 0.717) is 12.0 Å². The van der Waals surface area contributed by atoms with Crippen LogP contribution in [0.5, 0.6) is 0 Å². The number of likely N-dealkylation sites (tertiary alicyclic amines) is 1. The normalized spacial score (nSPS) is 23.2. The number of fused-ring (bicyclic) bond motifs is 1. The molecule has 1 aliphatic carbocycles. The average molecular weight is 499 g/mol. The summed E-state index contributed by atoms with van der Waals surface area (Å²) in [5.41, 5.74) is 3.66. The molecule has 0 saturated carbocycles. The number of hydrogen-bond acceptors (Lipinski definition) is 4. The predicted octanol–water partition coefficient (Wildman–Crippen LogP) is 3.44. The van der Waals surface area contributed by atoms with Crippen molar-refractivity contribution in [2.24, 2.45) is 7.05 Å². The second-order valence-corrected chi connectivity index (χ2v) is 12.0. The van der Waals surface area contributed by atoms with Gasteiger partial charge in [-0.05, 0) is 72.8 Å². The predicted molar refractivity (Wildman–Crippen MR) is 128 cm³/mol. The molecule has 3 aliphatic rings. The van der Waals surface area contributed by atoms with Gasteiger partial charge >= 0.3 is 0 Å². The number of hydrogen-bond donors (Lipinski definition) is 0. The van der Waals surface area contributed by atoms with Crippen LogP contribution in [0, 0.1) is 11.6 Å². The SMILES string of the molecule is Cn1cc(S(=O)(=O)N2CC(c3cc4c(cc3F)CC(N3CCC3)C4Cc3cccc(F)c3)C2)cn1. The summed E-state index contributed by atoms with van der Waals surface area (Å²) in [6.45, 7) is 2.57. The lowest BCUT2D eigenvalue weighted by Gasteiger charge is -2.40. The van der Waals surface area contributed by atoms with Gasteiger partial charge in [0.2, 0.25) is 10.0 Å². The Hall–Kier alpha value is -2.62. The Bertz CT molecular complexity index is 1380. The van der Waals surface area contributed by atoms with E-state index in [1.165, 1.54) is 33.9 Å². The van der Waals surface area contributed by atoms with Crippen LogP contribution >= 0.6 is 0 Å². The van der Waals surface area contributed by atoms with E-state index in [1.807, 2.05) is 12.1 Å². The molecule has 2 atom stereocenters. The highest BCUT2D eigenvalue weighted by atomic mass is 32.2. The van der Waals surface area contributed by atoms with Gasteiger partial charge in [0.25, 0.3) is 0 Å². The lowest BCUT2D eigenvalue weighted by Crippen LogP contribution is -2.48.